The molecule has 7 heavy (non-hydrogen) atoms. The van der Waals surface area contributed by atoms with Gasteiger partial charge in [0.25, 0.3) is 0 Å². The molecular weight excluding hydrogens is 137 g/mol. The Bertz CT molecular complexity index is 17.2. The van der Waals surface area contributed by atoms with Gasteiger partial charge in [0.2, 0.25) is 0 Å². The maximum Gasteiger partial charge on any atom is 0.198 e. The highest BCUT2D eigenvalue weighted by Crippen LogP contribution is 1.77. The Hall–Kier alpha value is 1.35. The first-order chi connectivity index (χ1) is 2.41. The van der Waals surface area contributed by atoms with Crippen LogP contribution in [0.15, 0.2) is 0 Å². The van der Waals surface area contributed by atoms with E-state index >= 15 is 0 Å². The van der Waals surface area contributed by atoms with Crippen molar-refractivity contribution in [2.45, 2.75) is 24.4 Å². The summed E-state index contributed by atoms with van der Waals surface area (Å²) in [6.07, 6.45) is 0. The summed E-state index contributed by atoms with van der Waals surface area (Å²) in [7, 11) is 0. The first-order valence-corrected chi connectivity index (χ1v) is 3.86. The van der Waals surface area contributed by atoms with Crippen molar-refractivity contribution in [3.63, 3.8) is 0 Å². The van der Waals surface area contributed by atoms with Gasteiger partial charge in [0.1, 0.15) is 0 Å². The second-order valence-corrected chi connectivity index (χ2v) is 3.32. The summed E-state index contributed by atoms with van der Waals surface area (Å²) >= 11 is 0.815. The van der Waals surface area contributed by atoms with E-state index in [1.165, 1.54) is 10.6 Å². The quantitative estimate of drug-likeness (QED) is 0.513. The standard InChI is InChI=1S/2C2H5.2Al.ClH.3H/c2*1-2;;;;;;/h2*1H2,2H3;;;1H;;;. The maximum atomic E-state index is 2.25. The lowest BCUT2D eigenvalue weighted by Crippen LogP contribution is -1.76. The van der Waals surface area contributed by atoms with Gasteiger partial charge in [-0.25, -0.2) is 0 Å². The van der Waals surface area contributed by atoms with Crippen molar-refractivity contribution in [2.75, 3.05) is 0 Å². The highest BCUT2D eigenvalue weighted by Gasteiger charge is 1.74. The molecule has 0 aromatic carbocycles. The highest BCUT2D eigenvalue weighted by atomic mass is 35.5. The average molecular weight is 152 g/mol. The zero-order valence-corrected chi connectivity index (χ0v) is 6.37. The zero-order valence-electron chi connectivity index (χ0n) is 4.40. The third-order valence-electron chi connectivity index (χ3n) is 0.577. The van der Waals surface area contributed by atoms with Gasteiger partial charge in [0, 0.05) is 0 Å². The SMILES string of the molecule is C[CH2][Al][CH2]C.Cl.[AlH3]. The second-order valence-electron chi connectivity index (χ2n) is 1.11. The van der Waals surface area contributed by atoms with Crippen molar-refractivity contribution in [1.82, 2.24) is 0 Å². The van der Waals surface area contributed by atoms with Crippen LogP contribution in [-0.2, 0) is 0 Å². The van der Waals surface area contributed by atoms with Crippen LogP contribution in [0.25, 0.3) is 0 Å². The lowest BCUT2D eigenvalue weighted by Gasteiger charge is -1.74. The molecule has 0 aliphatic rings. The second kappa shape index (κ2) is 15.7. The van der Waals surface area contributed by atoms with Crippen LogP contribution in [0.4, 0.5) is 0 Å². The Morgan fingerprint density at radius 1 is 1.14 bits per heavy atom. The van der Waals surface area contributed by atoms with Crippen LogP contribution in [-0.4, -0.2) is 32.6 Å². The summed E-state index contributed by atoms with van der Waals surface area (Å²) in [6.45, 7) is 4.50. The molecule has 0 rings (SSSR count). The molecule has 0 aliphatic heterocycles. The normalized spacial score (nSPS) is 5.43. The molecule has 0 aliphatic carbocycles. The van der Waals surface area contributed by atoms with E-state index in [9.17, 15) is 0 Å². The molecule has 0 amide bonds. The number of rotatable bonds is 2. The fourth-order valence-electron chi connectivity index (χ4n) is 0.289. The van der Waals surface area contributed by atoms with Crippen molar-refractivity contribution in [1.29, 1.82) is 0 Å². The van der Waals surface area contributed by atoms with Gasteiger partial charge in [-0.1, -0.05) is 13.8 Å². The van der Waals surface area contributed by atoms with Gasteiger partial charge in [-0.05, 0) is 0 Å². The zero-order chi connectivity index (χ0) is 4.12. The monoisotopic (exact) mass is 151 g/mol. The van der Waals surface area contributed by atoms with Gasteiger partial charge in [-0.15, -0.1) is 23.0 Å². The van der Waals surface area contributed by atoms with Gasteiger partial charge in [-0.3, -0.25) is 0 Å². The third-order valence-corrected chi connectivity index (χ3v) is 1.73. The fraction of sp³-hybridized carbons (Fsp3) is 1.00. The smallest absolute Gasteiger partial charge is 0.147 e. The molecule has 0 bridgehead atoms. The molecule has 43 valence electrons. The van der Waals surface area contributed by atoms with Crippen molar-refractivity contribution in [2.24, 2.45) is 0 Å². The van der Waals surface area contributed by atoms with Gasteiger partial charge in [0.15, 0.2) is 32.6 Å². The summed E-state index contributed by atoms with van der Waals surface area (Å²) in [5, 5.41) is 2.85. The third kappa shape index (κ3) is 18.7. The van der Waals surface area contributed by atoms with Crippen LogP contribution in [0, 0.1) is 0 Å². The molecule has 0 aromatic rings. The molecule has 0 N–H and O–H groups in total. The summed E-state index contributed by atoms with van der Waals surface area (Å²) in [6, 6.07) is 0. The van der Waals surface area contributed by atoms with E-state index in [2.05, 4.69) is 13.8 Å². The molecule has 0 fully saturated rings. The molecule has 0 unspecified atom stereocenters. The lowest BCUT2D eigenvalue weighted by atomic mass is 10.9. The summed E-state index contributed by atoms with van der Waals surface area (Å²) in [5.74, 6) is 0. The van der Waals surface area contributed by atoms with E-state index in [0.29, 0.717) is 0 Å². The Kier molecular flexibility index (Phi) is 35.3. The van der Waals surface area contributed by atoms with E-state index in [4.69, 9.17) is 0 Å². The van der Waals surface area contributed by atoms with Crippen LogP contribution in [0.2, 0.25) is 10.6 Å². The van der Waals surface area contributed by atoms with E-state index in [0.717, 1.165) is 15.2 Å². The van der Waals surface area contributed by atoms with Gasteiger partial charge >= 0.3 is 0 Å². The molecule has 0 saturated heterocycles. The molecule has 0 atom stereocenters. The predicted molar refractivity (Wildman–Crippen MR) is 43.9 cm³/mol. The van der Waals surface area contributed by atoms with Crippen LogP contribution in [0.5, 0.6) is 0 Å². The maximum absolute atomic E-state index is 2.25. The number of hydrogen-bond donors (Lipinski definition) is 0. The molecule has 0 nitrogen and oxygen atoms in total. The van der Waals surface area contributed by atoms with Crippen molar-refractivity contribution in [3.8, 4) is 0 Å². The minimum absolute atomic E-state index is 0. The van der Waals surface area contributed by atoms with E-state index < -0.39 is 0 Å². The average Bonchev–Trinajstić information content (AvgIpc) is 1.41. The van der Waals surface area contributed by atoms with Gasteiger partial charge in [0.05, 0.1) is 0 Å². The van der Waals surface area contributed by atoms with Crippen molar-refractivity contribution < 1.29 is 0 Å². The molecule has 3 heteroatoms. The van der Waals surface area contributed by atoms with Gasteiger partial charge in [-0.2, -0.15) is 0 Å². The van der Waals surface area contributed by atoms with Crippen molar-refractivity contribution in [3.05, 3.63) is 0 Å². The molecule has 1 radical (unpaired) electrons. The van der Waals surface area contributed by atoms with E-state index in [1.807, 2.05) is 0 Å². The number of halogens is 1. The van der Waals surface area contributed by atoms with E-state index in [1.54, 1.807) is 0 Å². The van der Waals surface area contributed by atoms with Crippen LogP contribution >= 0.6 is 12.4 Å². The van der Waals surface area contributed by atoms with Crippen molar-refractivity contribution >= 4 is 45.0 Å². The van der Waals surface area contributed by atoms with Crippen LogP contribution in [0.1, 0.15) is 13.8 Å². The van der Waals surface area contributed by atoms with Crippen LogP contribution in [0.3, 0.4) is 0 Å². The molecular formula is C4H14Al2Cl. The first kappa shape index (κ1) is 15.8. The summed E-state index contributed by atoms with van der Waals surface area (Å²) < 4.78 is 0. The lowest BCUT2D eigenvalue weighted by molar-refractivity contribution is 1.36. The fourth-order valence-corrected chi connectivity index (χ4v) is 0.866. The Morgan fingerprint density at radius 2 is 1.43 bits per heavy atom. The number of hydrogen-bond acceptors (Lipinski definition) is 0. The van der Waals surface area contributed by atoms with Crippen LogP contribution < -0.4 is 0 Å². The topological polar surface area (TPSA) is 0 Å². The Balaban J connectivity index is -0.0000000800. The van der Waals surface area contributed by atoms with Gasteiger partial charge < -0.3 is 0 Å². The first-order valence-electron chi connectivity index (χ1n) is 2.23. The predicted octanol–water partition coefficient (Wildman–Crippen LogP) is 0.805. The summed E-state index contributed by atoms with van der Waals surface area (Å²) in [5.41, 5.74) is 0. The molecule has 0 saturated carbocycles. The molecule has 0 spiro atoms. The minimum Gasteiger partial charge on any atom is -0.147 e. The highest BCUT2D eigenvalue weighted by molar-refractivity contribution is 6.34. The summed E-state index contributed by atoms with van der Waals surface area (Å²) in [4.78, 5) is 0. The molecule has 0 heterocycles. The largest absolute Gasteiger partial charge is 0.198 e. The minimum atomic E-state index is 0. The Labute approximate surface area is 69.3 Å². The Morgan fingerprint density at radius 3 is 1.43 bits per heavy atom. The van der Waals surface area contributed by atoms with E-state index in [-0.39, 0.29) is 29.8 Å². The molecule has 0 aromatic heterocycles.